The summed E-state index contributed by atoms with van der Waals surface area (Å²) in [6.45, 7) is 7.82. The fourth-order valence-electron chi connectivity index (χ4n) is 2.39. The average molecular weight is 208 g/mol. The molecule has 0 fully saturated rings. The highest BCUT2D eigenvalue weighted by Gasteiger charge is 2.34. The largest absolute Gasteiger partial charge is 0.389 e. The molecule has 0 aromatic rings. The number of carbonyl (C=O) groups is 1. The van der Waals surface area contributed by atoms with Gasteiger partial charge in [0.15, 0.2) is 5.78 Å². The van der Waals surface area contributed by atoms with Crippen molar-refractivity contribution in [3.8, 4) is 0 Å². The monoisotopic (exact) mass is 208 g/mol. The van der Waals surface area contributed by atoms with Gasteiger partial charge in [-0.1, -0.05) is 31.6 Å². The van der Waals surface area contributed by atoms with E-state index < -0.39 is 0 Å². The van der Waals surface area contributed by atoms with Gasteiger partial charge in [0.05, 0.1) is 6.10 Å². The van der Waals surface area contributed by atoms with Crippen LogP contribution in [0.1, 0.15) is 34.1 Å². The maximum Gasteiger partial charge on any atom is 0.152 e. The molecule has 0 aromatic carbocycles. The fraction of sp³-hybridized carbons (Fsp3) is 0.615. The van der Waals surface area contributed by atoms with E-state index in [1.807, 2.05) is 19.1 Å². The van der Waals surface area contributed by atoms with E-state index >= 15 is 0 Å². The van der Waals surface area contributed by atoms with Gasteiger partial charge >= 0.3 is 0 Å². The van der Waals surface area contributed by atoms with E-state index in [0.29, 0.717) is 0 Å². The van der Waals surface area contributed by atoms with Crippen molar-refractivity contribution in [2.24, 2.45) is 11.3 Å². The van der Waals surface area contributed by atoms with E-state index in [0.717, 1.165) is 12.0 Å². The Balaban J connectivity index is 2.94. The maximum absolute atomic E-state index is 10.9. The summed E-state index contributed by atoms with van der Waals surface area (Å²) < 4.78 is 0. The van der Waals surface area contributed by atoms with Crippen LogP contribution >= 0.6 is 0 Å². The second kappa shape index (κ2) is 4.31. The van der Waals surface area contributed by atoms with Crippen molar-refractivity contribution in [3.05, 3.63) is 23.8 Å². The normalized spacial score (nSPS) is 30.3. The van der Waals surface area contributed by atoms with Crippen LogP contribution in [0.25, 0.3) is 0 Å². The first-order valence-electron chi connectivity index (χ1n) is 5.38. The van der Waals surface area contributed by atoms with Crippen molar-refractivity contribution >= 4 is 5.78 Å². The van der Waals surface area contributed by atoms with Gasteiger partial charge in [0.1, 0.15) is 0 Å². The molecule has 0 aromatic heterocycles. The Bertz CT molecular complexity index is 310. The molecule has 0 unspecified atom stereocenters. The van der Waals surface area contributed by atoms with Gasteiger partial charge in [-0.25, -0.2) is 0 Å². The van der Waals surface area contributed by atoms with Crippen LogP contribution in [-0.4, -0.2) is 17.0 Å². The van der Waals surface area contributed by atoms with E-state index in [2.05, 4.69) is 13.8 Å². The first-order valence-corrected chi connectivity index (χ1v) is 5.38. The molecular weight excluding hydrogens is 188 g/mol. The van der Waals surface area contributed by atoms with Crippen LogP contribution in [0.5, 0.6) is 0 Å². The number of aliphatic hydroxyl groups is 1. The number of rotatable bonds is 2. The molecule has 2 atom stereocenters. The number of carbonyl (C=O) groups excluding carboxylic acids is 1. The van der Waals surface area contributed by atoms with E-state index in [9.17, 15) is 9.90 Å². The third-order valence-corrected chi connectivity index (χ3v) is 3.05. The molecule has 1 N–H and O–H groups in total. The molecule has 0 spiro atoms. The number of aliphatic hydroxyl groups excluding tert-OH is 1. The Morgan fingerprint density at radius 2 is 2.20 bits per heavy atom. The molecule has 0 saturated heterocycles. The van der Waals surface area contributed by atoms with Gasteiger partial charge in [-0.2, -0.15) is 0 Å². The van der Waals surface area contributed by atoms with Crippen LogP contribution in [0.4, 0.5) is 0 Å². The standard InChI is InChI=1S/C13H20O2/c1-9-7-11(15)8-13(3,4)12(9)6-5-10(2)14/h5-7,11-12,15H,8H2,1-4H3/t11-,12+/m1/s1. The molecule has 2 heteroatoms. The minimum atomic E-state index is -0.345. The molecule has 1 aliphatic rings. The molecule has 84 valence electrons. The molecule has 1 aliphatic carbocycles. The molecule has 0 aliphatic heterocycles. The summed E-state index contributed by atoms with van der Waals surface area (Å²) in [5, 5.41) is 9.64. The Hall–Kier alpha value is -0.890. The summed E-state index contributed by atoms with van der Waals surface area (Å²) in [6, 6.07) is 0. The smallest absolute Gasteiger partial charge is 0.152 e. The predicted octanol–water partition coefficient (Wildman–Crippen LogP) is 2.48. The molecular formula is C13H20O2. The first kappa shape index (κ1) is 12.2. The van der Waals surface area contributed by atoms with E-state index in [1.54, 1.807) is 13.0 Å². The molecule has 15 heavy (non-hydrogen) atoms. The third-order valence-electron chi connectivity index (χ3n) is 3.05. The number of hydrogen-bond acceptors (Lipinski definition) is 2. The molecule has 0 radical (unpaired) electrons. The molecule has 0 saturated carbocycles. The SMILES string of the molecule is CC(=O)C=C[C@H]1C(C)=C[C@@H](O)CC1(C)C. The van der Waals surface area contributed by atoms with E-state index in [4.69, 9.17) is 0 Å². The minimum Gasteiger partial charge on any atom is -0.389 e. The number of ketones is 1. The van der Waals surface area contributed by atoms with E-state index in [1.165, 1.54) is 0 Å². The van der Waals surface area contributed by atoms with Gasteiger partial charge < -0.3 is 5.11 Å². The summed E-state index contributed by atoms with van der Waals surface area (Å²) in [5.41, 5.74) is 1.17. The van der Waals surface area contributed by atoms with Crippen molar-refractivity contribution < 1.29 is 9.90 Å². The number of allylic oxidation sites excluding steroid dienone is 3. The van der Waals surface area contributed by atoms with Crippen molar-refractivity contribution in [3.63, 3.8) is 0 Å². The average Bonchev–Trinajstić information content (AvgIpc) is 1.98. The lowest BCUT2D eigenvalue weighted by molar-refractivity contribution is -0.112. The van der Waals surface area contributed by atoms with Gasteiger partial charge in [0, 0.05) is 5.92 Å². The summed E-state index contributed by atoms with van der Waals surface area (Å²) in [6.07, 6.45) is 5.88. The van der Waals surface area contributed by atoms with Gasteiger partial charge in [-0.05, 0) is 31.8 Å². The summed E-state index contributed by atoms with van der Waals surface area (Å²) in [4.78, 5) is 10.9. The Morgan fingerprint density at radius 3 is 2.67 bits per heavy atom. The van der Waals surface area contributed by atoms with Crippen LogP contribution in [-0.2, 0) is 4.79 Å². The zero-order valence-electron chi connectivity index (χ0n) is 9.95. The quantitative estimate of drug-likeness (QED) is 0.559. The highest BCUT2D eigenvalue weighted by atomic mass is 16.3. The highest BCUT2D eigenvalue weighted by Crippen LogP contribution is 2.41. The maximum atomic E-state index is 10.9. The summed E-state index contributed by atoms with van der Waals surface area (Å²) in [5.74, 6) is 0.328. The van der Waals surface area contributed by atoms with Gasteiger partial charge in [0.2, 0.25) is 0 Å². The first-order chi connectivity index (χ1) is 6.83. The van der Waals surface area contributed by atoms with Crippen LogP contribution < -0.4 is 0 Å². The van der Waals surface area contributed by atoms with Gasteiger partial charge in [-0.3, -0.25) is 4.79 Å². The van der Waals surface area contributed by atoms with Crippen LogP contribution in [0.3, 0.4) is 0 Å². The van der Waals surface area contributed by atoms with Crippen molar-refractivity contribution in [1.29, 1.82) is 0 Å². The lowest BCUT2D eigenvalue weighted by Crippen LogP contribution is -2.32. The molecule has 1 rings (SSSR count). The molecule has 0 bridgehead atoms. The van der Waals surface area contributed by atoms with Crippen molar-refractivity contribution in [2.45, 2.75) is 40.2 Å². The predicted molar refractivity (Wildman–Crippen MR) is 61.5 cm³/mol. The Labute approximate surface area is 91.7 Å². The molecule has 0 heterocycles. The topological polar surface area (TPSA) is 37.3 Å². The van der Waals surface area contributed by atoms with Crippen molar-refractivity contribution in [1.82, 2.24) is 0 Å². The Kier molecular flexibility index (Phi) is 3.50. The summed E-state index contributed by atoms with van der Waals surface area (Å²) in [7, 11) is 0. The van der Waals surface area contributed by atoms with Crippen LogP contribution in [0.2, 0.25) is 0 Å². The van der Waals surface area contributed by atoms with Crippen LogP contribution in [0.15, 0.2) is 23.8 Å². The molecule has 0 amide bonds. The van der Waals surface area contributed by atoms with Crippen molar-refractivity contribution in [2.75, 3.05) is 0 Å². The zero-order valence-corrected chi connectivity index (χ0v) is 9.95. The minimum absolute atomic E-state index is 0.0181. The Morgan fingerprint density at radius 1 is 1.60 bits per heavy atom. The highest BCUT2D eigenvalue weighted by molar-refractivity contribution is 5.87. The third kappa shape index (κ3) is 3.03. The fourth-order valence-corrected chi connectivity index (χ4v) is 2.39. The second-order valence-corrected chi connectivity index (χ2v) is 5.12. The molecule has 2 nitrogen and oxygen atoms in total. The zero-order chi connectivity index (χ0) is 11.6. The summed E-state index contributed by atoms with van der Waals surface area (Å²) >= 11 is 0. The second-order valence-electron chi connectivity index (χ2n) is 5.12. The number of hydrogen-bond donors (Lipinski definition) is 1. The van der Waals surface area contributed by atoms with Gasteiger partial charge in [0.25, 0.3) is 0 Å². The lowest BCUT2D eigenvalue weighted by atomic mass is 9.68. The van der Waals surface area contributed by atoms with E-state index in [-0.39, 0.29) is 23.2 Å². The lowest BCUT2D eigenvalue weighted by Gasteiger charge is -2.38. The van der Waals surface area contributed by atoms with Gasteiger partial charge in [-0.15, -0.1) is 0 Å². The van der Waals surface area contributed by atoms with Crippen LogP contribution in [0, 0.1) is 11.3 Å².